The van der Waals surface area contributed by atoms with Gasteiger partial charge in [-0.15, -0.1) is 0 Å². The van der Waals surface area contributed by atoms with Gasteiger partial charge in [-0.2, -0.15) is 0 Å². The number of hydrogen-bond acceptors (Lipinski definition) is 7. The van der Waals surface area contributed by atoms with Crippen LogP contribution in [0.25, 0.3) is 0 Å². The van der Waals surface area contributed by atoms with Gasteiger partial charge in [0.05, 0.1) is 16.9 Å². The minimum atomic E-state index is -0.298. The molecule has 0 bridgehead atoms. The van der Waals surface area contributed by atoms with Crippen LogP contribution in [-0.2, 0) is 11.3 Å². The molecular formula is C32H38N6O3. The van der Waals surface area contributed by atoms with E-state index in [0.717, 1.165) is 23.8 Å². The zero-order valence-electron chi connectivity index (χ0n) is 23.5. The molecule has 3 aliphatic rings. The van der Waals surface area contributed by atoms with Crippen molar-refractivity contribution in [3.63, 3.8) is 0 Å². The molecule has 9 heteroatoms. The molecule has 2 aliphatic carbocycles. The Bertz CT molecular complexity index is 1370. The highest BCUT2D eigenvalue weighted by Crippen LogP contribution is 2.41. The Hall–Kier alpha value is -4.11. The molecular weight excluding hydrogens is 516 g/mol. The molecule has 41 heavy (non-hydrogen) atoms. The van der Waals surface area contributed by atoms with Gasteiger partial charge in [0.25, 0.3) is 5.91 Å². The second kappa shape index (κ2) is 11.8. The molecule has 9 nitrogen and oxygen atoms in total. The van der Waals surface area contributed by atoms with Gasteiger partial charge in [-0.3, -0.25) is 4.79 Å². The Balaban J connectivity index is 0.954. The van der Waals surface area contributed by atoms with E-state index in [2.05, 4.69) is 44.8 Å². The zero-order chi connectivity index (χ0) is 28.3. The lowest BCUT2D eigenvalue weighted by Crippen LogP contribution is -2.54. The fourth-order valence-electron chi connectivity index (χ4n) is 5.47. The highest BCUT2D eigenvalue weighted by Gasteiger charge is 2.39. The van der Waals surface area contributed by atoms with Gasteiger partial charge in [-0.05, 0) is 74.0 Å². The summed E-state index contributed by atoms with van der Waals surface area (Å²) in [5.41, 5.74) is 9.81. The molecule has 2 amide bonds. The number of ether oxygens (including phenoxy) is 1. The first-order valence-corrected chi connectivity index (χ1v) is 14.6. The predicted molar refractivity (Wildman–Crippen MR) is 160 cm³/mol. The van der Waals surface area contributed by atoms with Gasteiger partial charge in [0, 0.05) is 43.8 Å². The molecule has 4 N–H and O–H groups in total. The number of amides is 2. The van der Waals surface area contributed by atoms with Crippen molar-refractivity contribution in [2.75, 3.05) is 42.1 Å². The van der Waals surface area contributed by atoms with Crippen molar-refractivity contribution in [3.8, 4) is 0 Å². The van der Waals surface area contributed by atoms with Crippen LogP contribution in [0.4, 0.5) is 22.0 Å². The number of piperazine rings is 1. The molecule has 214 valence electrons. The predicted octanol–water partition coefficient (Wildman–Crippen LogP) is 4.62. The van der Waals surface area contributed by atoms with Crippen molar-refractivity contribution in [1.82, 2.24) is 15.2 Å². The van der Waals surface area contributed by atoms with Crippen LogP contribution in [0.15, 0.2) is 66.9 Å². The molecule has 1 aromatic heterocycles. The maximum atomic E-state index is 12.9. The van der Waals surface area contributed by atoms with E-state index >= 15 is 0 Å². The van der Waals surface area contributed by atoms with Crippen LogP contribution in [0.2, 0.25) is 0 Å². The number of nitrogens with two attached hydrogens (primary N) is 1. The van der Waals surface area contributed by atoms with Crippen LogP contribution in [0.1, 0.15) is 53.6 Å². The highest BCUT2D eigenvalue weighted by atomic mass is 16.6. The first-order valence-electron chi connectivity index (χ1n) is 14.6. The summed E-state index contributed by atoms with van der Waals surface area (Å²) in [6.07, 6.45) is 5.24. The molecule has 3 aromatic rings. The number of para-hydroxylation sites is 2. The average Bonchev–Trinajstić information content (AvgIpc) is 3.92. The second-order valence-corrected chi connectivity index (χ2v) is 11.5. The van der Waals surface area contributed by atoms with E-state index in [9.17, 15) is 9.59 Å². The Morgan fingerprint density at radius 3 is 2.56 bits per heavy atom. The third-order valence-electron chi connectivity index (χ3n) is 8.33. The molecule has 0 radical (unpaired) electrons. The topological polar surface area (TPSA) is 113 Å². The maximum Gasteiger partial charge on any atom is 0.410 e. The number of nitrogens with one attached hydrogen (secondary N) is 2. The lowest BCUT2D eigenvalue weighted by Gasteiger charge is -2.39. The molecule has 6 rings (SSSR count). The van der Waals surface area contributed by atoms with Gasteiger partial charge in [0.1, 0.15) is 12.4 Å². The molecule has 2 heterocycles. The second-order valence-electron chi connectivity index (χ2n) is 11.5. The van der Waals surface area contributed by atoms with E-state index in [1.807, 2.05) is 25.1 Å². The van der Waals surface area contributed by atoms with Crippen LogP contribution in [-0.4, -0.2) is 60.1 Å². The first-order chi connectivity index (χ1) is 19.9. The van der Waals surface area contributed by atoms with Gasteiger partial charge in [-0.25, -0.2) is 9.78 Å². The quantitative estimate of drug-likeness (QED) is 0.331. The van der Waals surface area contributed by atoms with Crippen molar-refractivity contribution in [1.29, 1.82) is 0 Å². The minimum absolute atomic E-state index is 0.0422. The van der Waals surface area contributed by atoms with E-state index in [-0.39, 0.29) is 24.6 Å². The van der Waals surface area contributed by atoms with Crippen molar-refractivity contribution < 1.29 is 14.3 Å². The van der Waals surface area contributed by atoms with Crippen LogP contribution >= 0.6 is 0 Å². The number of benzene rings is 2. The number of carbonyl (C=O) groups excluding carboxylic acids is 2. The summed E-state index contributed by atoms with van der Waals surface area (Å²) >= 11 is 0. The van der Waals surface area contributed by atoms with Crippen molar-refractivity contribution in [2.45, 2.75) is 50.8 Å². The number of aromatic nitrogens is 1. The third kappa shape index (κ3) is 6.62. The summed E-state index contributed by atoms with van der Waals surface area (Å²) in [5, 5.41) is 6.51. The van der Waals surface area contributed by atoms with Gasteiger partial charge in [0.2, 0.25) is 0 Å². The number of anilines is 3. The summed E-state index contributed by atoms with van der Waals surface area (Å²) in [7, 11) is 0. The molecule has 1 unspecified atom stereocenters. The number of carbonyl (C=O) groups is 2. The summed E-state index contributed by atoms with van der Waals surface area (Å²) in [5.74, 6) is 2.01. The molecule has 2 saturated carbocycles. The fraction of sp³-hybridized carbons (Fsp3) is 0.406. The van der Waals surface area contributed by atoms with Gasteiger partial charge in [-0.1, -0.05) is 36.4 Å². The van der Waals surface area contributed by atoms with E-state index < -0.39 is 0 Å². The van der Waals surface area contributed by atoms with Crippen molar-refractivity contribution >= 4 is 29.2 Å². The van der Waals surface area contributed by atoms with Gasteiger partial charge in [0.15, 0.2) is 0 Å². The smallest absolute Gasteiger partial charge is 0.410 e. The third-order valence-corrected chi connectivity index (χ3v) is 8.33. The number of pyridine rings is 1. The largest absolute Gasteiger partial charge is 0.445 e. The van der Waals surface area contributed by atoms with E-state index in [1.165, 1.54) is 24.8 Å². The zero-order valence-corrected chi connectivity index (χ0v) is 23.5. The van der Waals surface area contributed by atoms with Crippen molar-refractivity contribution in [3.05, 3.63) is 83.6 Å². The number of hydrogen-bond donors (Lipinski definition) is 3. The van der Waals surface area contributed by atoms with E-state index in [1.54, 1.807) is 29.3 Å². The lowest BCUT2D eigenvalue weighted by molar-refractivity contribution is 0.0794. The van der Waals surface area contributed by atoms with Crippen LogP contribution in [0, 0.1) is 5.92 Å². The summed E-state index contributed by atoms with van der Waals surface area (Å²) in [6.45, 7) is 5.23. The van der Waals surface area contributed by atoms with Gasteiger partial charge >= 0.3 is 6.09 Å². The van der Waals surface area contributed by atoms with E-state index in [0.29, 0.717) is 48.5 Å². The maximum absolute atomic E-state index is 12.9. The SMILES string of the molecule is C[C@@H]1CN(c2ccc(C(=O)Nc3ccccc3N)cn2)CCN1C(=O)OCc1ccc(C2C[C@@H]2NCC2CC2)cc1. The Morgan fingerprint density at radius 2 is 1.85 bits per heavy atom. The normalized spacial score (nSPS) is 21.8. The fourth-order valence-corrected chi connectivity index (χ4v) is 5.47. The first kappa shape index (κ1) is 27.1. The molecule has 2 aromatic carbocycles. The van der Waals surface area contributed by atoms with Crippen molar-refractivity contribution in [2.24, 2.45) is 5.92 Å². The minimum Gasteiger partial charge on any atom is -0.445 e. The lowest BCUT2D eigenvalue weighted by atomic mass is 10.1. The molecule has 1 saturated heterocycles. The standard InChI is InChI=1S/C32H38N6O3/c1-21-19-37(30-13-12-25(18-35-30)31(39)36-28-5-3-2-4-27(28)33)14-15-38(21)32(40)41-20-23-8-10-24(11-9-23)26-16-29(26)34-17-22-6-7-22/h2-5,8-13,18,21-22,26,29,34H,6-7,14-17,19-20,33H2,1H3,(H,36,39)/t21-,26?,29+/m1/s1. The number of nitrogens with zero attached hydrogens (tertiary/aromatic N) is 3. The summed E-state index contributed by atoms with van der Waals surface area (Å²) in [4.78, 5) is 33.9. The molecule has 3 fully saturated rings. The highest BCUT2D eigenvalue weighted by molar-refractivity contribution is 6.05. The Morgan fingerprint density at radius 1 is 1.05 bits per heavy atom. The summed E-state index contributed by atoms with van der Waals surface area (Å²) < 4.78 is 5.67. The number of nitrogen functional groups attached to an aromatic ring is 1. The molecule has 1 aliphatic heterocycles. The summed E-state index contributed by atoms with van der Waals surface area (Å²) in [6, 6.07) is 19.8. The van der Waals surface area contributed by atoms with Crippen LogP contribution < -0.4 is 21.3 Å². The average molecular weight is 555 g/mol. The van der Waals surface area contributed by atoms with E-state index in [4.69, 9.17) is 10.5 Å². The monoisotopic (exact) mass is 554 g/mol. The van der Waals surface area contributed by atoms with Crippen LogP contribution in [0.5, 0.6) is 0 Å². The molecule has 3 atom stereocenters. The Labute approximate surface area is 241 Å². The van der Waals surface area contributed by atoms with Gasteiger partial charge < -0.3 is 30.9 Å². The Kier molecular flexibility index (Phi) is 7.78. The number of rotatable bonds is 9. The van der Waals surface area contributed by atoms with Crippen LogP contribution in [0.3, 0.4) is 0 Å². The molecule has 0 spiro atoms.